The molecule has 1 aromatic heterocycles. The number of rotatable bonds is 3. The number of nitrogens with one attached hydrogen (secondary N) is 1. The zero-order valence-electron chi connectivity index (χ0n) is 9.15. The summed E-state index contributed by atoms with van der Waals surface area (Å²) >= 11 is 0. The first-order valence-electron chi connectivity index (χ1n) is 4.90. The van der Waals surface area contributed by atoms with Gasteiger partial charge in [0.25, 0.3) is 0 Å². The first-order valence-corrected chi connectivity index (χ1v) is 4.90. The summed E-state index contributed by atoms with van der Waals surface area (Å²) in [6.45, 7) is 1.99. The minimum absolute atomic E-state index is 0.456. The fraction of sp³-hybridized carbons (Fsp3) is 0.167. The van der Waals surface area contributed by atoms with Gasteiger partial charge >= 0.3 is 0 Å². The molecule has 16 heavy (non-hydrogen) atoms. The van der Waals surface area contributed by atoms with Gasteiger partial charge in [0.15, 0.2) is 6.29 Å². The zero-order chi connectivity index (χ0) is 11.5. The van der Waals surface area contributed by atoms with Crippen molar-refractivity contribution in [3.63, 3.8) is 0 Å². The molecule has 0 spiro atoms. The van der Waals surface area contributed by atoms with Crippen molar-refractivity contribution in [2.45, 2.75) is 6.92 Å². The second kappa shape index (κ2) is 4.18. The van der Waals surface area contributed by atoms with E-state index in [2.05, 4.69) is 9.97 Å². The van der Waals surface area contributed by atoms with Gasteiger partial charge in [-0.1, -0.05) is 6.07 Å². The number of aldehydes is 1. The molecule has 2 aromatic rings. The number of aromatic nitrogens is 2. The third-order valence-electron chi connectivity index (χ3n) is 2.33. The van der Waals surface area contributed by atoms with Gasteiger partial charge in [0.05, 0.1) is 24.6 Å². The lowest BCUT2D eigenvalue weighted by atomic mass is 10.1. The van der Waals surface area contributed by atoms with Crippen LogP contribution in [0.3, 0.4) is 0 Å². The molecule has 1 heterocycles. The van der Waals surface area contributed by atoms with Gasteiger partial charge in [0, 0.05) is 0 Å². The van der Waals surface area contributed by atoms with E-state index in [1.165, 1.54) is 6.20 Å². The standard InChI is InChI=1S/C12H12N2O2/c1-8-3-4-10(11(5-8)16-2)12-13-6-9(7-15)14-12/h3-7H,1-2H3,(H,13,14). The number of imidazole rings is 1. The third kappa shape index (κ3) is 1.82. The van der Waals surface area contributed by atoms with Gasteiger partial charge in [0.1, 0.15) is 11.6 Å². The normalized spacial score (nSPS) is 10.1. The number of hydrogen-bond acceptors (Lipinski definition) is 3. The maximum absolute atomic E-state index is 10.6. The van der Waals surface area contributed by atoms with Gasteiger partial charge in [-0.3, -0.25) is 4.79 Å². The van der Waals surface area contributed by atoms with Crippen molar-refractivity contribution in [2.24, 2.45) is 0 Å². The summed E-state index contributed by atoms with van der Waals surface area (Å²) in [5.41, 5.74) is 2.42. The molecule has 0 amide bonds. The van der Waals surface area contributed by atoms with E-state index in [0.717, 1.165) is 23.2 Å². The minimum Gasteiger partial charge on any atom is -0.496 e. The second-order valence-electron chi connectivity index (χ2n) is 3.51. The van der Waals surface area contributed by atoms with Crippen LogP contribution in [-0.4, -0.2) is 23.4 Å². The Morgan fingerprint density at radius 1 is 1.44 bits per heavy atom. The molecule has 1 aromatic carbocycles. The van der Waals surface area contributed by atoms with E-state index in [-0.39, 0.29) is 0 Å². The number of hydrogen-bond donors (Lipinski definition) is 1. The van der Waals surface area contributed by atoms with Gasteiger partial charge in [-0.05, 0) is 24.6 Å². The van der Waals surface area contributed by atoms with Crippen molar-refractivity contribution in [1.29, 1.82) is 0 Å². The van der Waals surface area contributed by atoms with Gasteiger partial charge in [-0.2, -0.15) is 0 Å². The summed E-state index contributed by atoms with van der Waals surface area (Å²) in [6.07, 6.45) is 2.23. The highest BCUT2D eigenvalue weighted by atomic mass is 16.5. The van der Waals surface area contributed by atoms with E-state index in [1.54, 1.807) is 7.11 Å². The lowest BCUT2D eigenvalue weighted by Gasteiger charge is -2.06. The Labute approximate surface area is 93.3 Å². The van der Waals surface area contributed by atoms with Crippen molar-refractivity contribution in [1.82, 2.24) is 9.97 Å². The summed E-state index contributed by atoms with van der Waals surface area (Å²) in [6, 6.07) is 5.82. The summed E-state index contributed by atoms with van der Waals surface area (Å²) in [7, 11) is 1.61. The summed E-state index contributed by atoms with van der Waals surface area (Å²) < 4.78 is 5.28. The molecule has 2 rings (SSSR count). The Morgan fingerprint density at radius 3 is 2.88 bits per heavy atom. The molecule has 0 unspecified atom stereocenters. The quantitative estimate of drug-likeness (QED) is 0.800. The van der Waals surface area contributed by atoms with Gasteiger partial charge in [-0.25, -0.2) is 4.98 Å². The van der Waals surface area contributed by atoms with E-state index >= 15 is 0 Å². The smallest absolute Gasteiger partial charge is 0.167 e. The molecular formula is C12H12N2O2. The van der Waals surface area contributed by atoms with Crippen molar-refractivity contribution < 1.29 is 9.53 Å². The largest absolute Gasteiger partial charge is 0.496 e. The predicted octanol–water partition coefficient (Wildman–Crippen LogP) is 2.21. The molecule has 0 bridgehead atoms. The zero-order valence-corrected chi connectivity index (χ0v) is 9.15. The highest BCUT2D eigenvalue weighted by molar-refractivity contribution is 5.74. The van der Waals surface area contributed by atoms with E-state index in [9.17, 15) is 4.79 Å². The summed E-state index contributed by atoms with van der Waals surface area (Å²) in [5, 5.41) is 0. The van der Waals surface area contributed by atoms with Crippen LogP contribution in [0.1, 0.15) is 16.1 Å². The maximum atomic E-state index is 10.6. The average Bonchev–Trinajstić information content (AvgIpc) is 2.77. The third-order valence-corrected chi connectivity index (χ3v) is 2.33. The Bertz CT molecular complexity index is 517. The first-order chi connectivity index (χ1) is 7.74. The van der Waals surface area contributed by atoms with Crippen LogP contribution in [0, 0.1) is 6.92 Å². The van der Waals surface area contributed by atoms with Crippen LogP contribution in [0.25, 0.3) is 11.4 Å². The fourth-order valence-corrected chi connectivity index (χ4v) is 1.53. The number of carbonyl (C=O) groups excluding carboxylic acids is 1. The van der Waals surface area contributed by atoms with Crippen LogP contribution >= 0.6 is 0 Å². The molecule has 0 atom stereocenters. The van der Waals surface area contributed by atoms with Crippen LogP contribution in [0.4, 0.5) is 0 Å². The molecule has 82 valence electrons. The number of aryl methyl sites for hydroxylation is 1. The van der Waals surface area contributed by atoms with E-state index in [0.29, 0.717) is 11.5 Å². The Morgan fingerprint density at radius 2 is 2.25 bits per heavy atom. The van der Waals surface area contributed by atoms with Crippen LogP contribution in [0.2, 0.25) is 0 Å². The number of aromatic amines is 1. The maximum Gasteiger partial charge on any atom is 0.167 e. The number of H-pyrrole nitrogens is 1. The molecule has 0 saturated carbocycles. The van der Waals surface area contributed by atoms with Gasteiger partial charge < -0.3 is 9.72 Å². The van der Waals surface area contributed by atoms with Crippen LogP contribution in [-0.2, 0) is 0 Å². The van der Waals surface area contributed by atoms with E-state index in [1.807, 2.05) is 25.1 Å². The molecule has 0 fully saturated rings. The average molecular weight is 216 g/mol. The molecule has 4 nitrogen and oxygen atoms in total. The number of methoxy groups -OCH3 is 1. The van der Waals surface area contributed by atoms with Crippen LogP contribution in [0.15, 0.2) is 24.4 Å². The first kappa shape index (κ1) is 10.4. The van der Waals surface area contributed by atoms with Crippen LogP contribution < -0.4 is 4.74 Å². The van der Waals surface area contributed by atoms with Crippen molar-refractivity contribution >= 4 is 6.29 Å². The molecule has 0 saturated heterocycles. The summed E-state index contributed by atoms with van der Waals surface area (Å²) in [4.78, 5) is 17.6. The van der Waals surface area contributed by atoms with Crippen molar-refractivity contribution in [3.8, 4) is 17.1 Å². The van der Waals surface area contributed by atoms with Crippen molar-refractivity contribution in [3.05, 3.63) is 35.7 Å². The van der Waals surface area contributed by atoms with Gasteiger partial charge in [-0.15, -0.1) is 0 Å². The van der Waals surface area contributed by atoms with Crippen LogP contribution in [0.5, 0.6) is 5.75 Å². The molecule has 0 radical (unpaired) electrons. The summed E-state index contributed by atoms with van der Waals surface area (Å²) in [5.74, 6) is 1.38. The number of carbonyl (C=O) groups is 1. The fourth-order valence-electron chi connectivity index (χ4n) is 1.53. The molecular weight excluding hydrogens is 204 g/mol. The number of benzene rings is 1. The molecule has 1 N–H and O–H groups in total. The van der Waals surface area contributed by atoms with E-state index in [4.69, 9.17) is 4.74 Å². The molecule has 0 aliphatic rings. The molecule has 0 aliphatic carbocycles. The Kier molecular flexibility index (Phi) is 2.72. The highest BCUT2D eigenvalue weighted by Gasteiger charge is 2.09. The van der Waals surface area contributed by atoms with E-state index < -0.39 is 0 Å². The number of nitrogens with zero attached hydrogens (tertiary/aromatic N) is 1. The lowest BCUT2D eigenvalue weighted by molar-refractivity contribution is 0.111. The molecule has 0 aliphatic heterocycles. The Hall–Kier alpha value is -2.10. The highest BCUT2D eigenvalue weighted by Crippen LogP contribution is 2.28. The topological polar surface area (TPSA) is 55.0 Å². The predicted molar refractivity (Wildman–Crippen MR) is 60.7 cm³/mol. The monoisotopic (exact) mass is 216 g/mol. The second-order valence-corrected chi connectivity index (χ2v) is 3.51. The van der Waals surface area contributed by atoms with Gasteiger partial charge in [0.2, 0.25) is 0 Å². The van der Waals surface area contributed by atoms with Crippen molar-refractivity contribution in [2.75, 3.05) is 7.11 Å². The number of ether oxygens (including phenoxy) is 1. The Balaban J connectivity index is 2.50. The lowest BCUT2D eigenvalue weighted by Crippen LogP contribution is -1.90. The minimum atomic E-state index is 0.456. The molecule has 4 heteroatoms. The SMILES string of the molecule is COc1cc(C)ccc1-c1ncc(C=O)[nH]1.